The number of rotatable bonds is 4. The Bertz CT molecular complexity index is 1060. The number of anilines is 2. The molecular weight excluding hydrogens is 433 g/mol. The number of amides is 2. The van der Waals surface area contributed by atoms with Crippen molar-refractivity contribution in [3.63, 3.8) is 0 Å². The first-order valence-corrected chi connectivity index (χ1v) is 10.2. The average molecular weight is 450 g/mol. The minimum Gasteiger partial charge on any atom is -0.450 e. The molecular formula is C21H17F3N2O4S. The van der Waals surface area contributed by atoms with Gasteiger partial charge in [0.15, 0.2) is 11.0 Å². The van der Waals surface area contributed by atoms with Crippen molar-refractivity contribution < 1.29 is 32.3 Å². The lowest BCUT2D eigenvalue weighted by Gasteiger charge is -2.29. The van der Waals surface area contributed by atoms with E-state index in [0.29, 0.717) is 5.69 Å². The maximum Gasteiger partial charge on any atom is 0.416 e. The van der Waals surface area contributed by atoms with Gasteiger partial charge in [-0.3, -0.25) is 14.5 Å². The van der Waals surface area contributed by atoms with Gasteiger partial charge in [-0.2, -0.15) is 13.2 Å². The molecule has 4 rings (SSSR count). The third-order valence-electron chi connectivity index (χ3n) is 5.13. The van der Waals surface area contributed by atoms with Crippen molar-refractivity contribution in [3.8, 4) is 0 Å². The van der Waals surface area contributed by atoms with Gasteiger partial charge in [-0.1, -0.05) is 23.9 Å². The van der Waals surface area contributed by atoms with E-state index in [1.165, 1.54) is 23.6 Å². The number of ether oxygens (including phenoxy) is 1. The van der Waals surface area contributed by atoms with E-state index in [0.717, 1.165) is 29.2 Å². The van der Waals surface area contributed by atoms with Gasteiger partial charge in [0.25, 0.3) is 5.91 Å². The van der Waals surface area contributed by atoms with Gasteiger partial charge in [0.2, 0.25) is 5.91 Å². The molecule has 2 aliphatic rings. The number of carbonyl (C=O) groups excluding carboxylic acids is 3. The van der Waals surface area contributed by atoms with Crippen LogP contribution in [-0.2, 0) is 25.3 Å². The largest absolute Gasteiger partial charge is 0.450 e. The second-order valence-corrected chi connectivity index (χ2v) is 8.51. The summed E-state index contributed by atoms with van der Waals surface area (Å²) in [5, 5.41) is 2.43. The third-order valence-corrected chi connectivity index (χ3v) is 6.58. The highest BCUT2D eigenvalue weighted by molar-refractivity contribution is 8.02. The number of alkyl halides is 3. The zero-order chi connectivity index (χ0) is 22.4. The highest BCUT2D eigenvalue weighted by Crippen LogP contribution is 2.56. The number of nitrogens with zero attached hydrogens (tertiary/aromatic N) is 1. The van der Waals surface area contributed by atoms with Gasteiger partial charge in [0.05, 0.1) is 11.3 Å². The molecule has 0 spiro atoms. The van der Waals surface area contributed by atoms with Gasteiger partial charge in [0, 0.05) is 23.4 Å². The lowest BCUT2D eigenvalue weighted by Crippen LogP contribution is -2.49. The van der Waals surface area contributed by atoms with Crippen molar-refractivity contribution >= 4 is 40.9 Å². The first-order valence-electron chi connectivity index (χ1n) is 9.42. The van der Waals surface area contributed by atoms with Gasteiger partial charge in [0.1, 0.15) is 0 Å². The van der Waals surface area contributed by atoms with E-state index in [9.17, 15) is 27.6 Å². The van der Waals surface area contributed by atoms with Crippen LogP contribution in [0.3, 0.4) is 0 Å². The van der Waals surface area contributed by atoms with E-state index >= 15 is 0 Å². The summed E-state index contributed by atoms with van der Waals surface area (Å²) in [6, 6.07) is 11.1. The Balaban J connectivity index is 1.45. The zero-order valence-electron chi connectivity index (χ0n) is 16.2. The fourth-order valence-corrected chi connectivity index (χ4v) is 4.97. The van der Waals surface area contributed by atoms with Crippen molar-refractivity contribution in [3.05, 3.63) is 54.1 Å². The van der Waals surface area contributed by atoms with Crippen LogP contribution in [0.5, 0.6) is 0 Å². The minimum absolute atomic E-state index is 0.138. The Labute approximate surface area is 179 Å². The molecule has 0 aromatic heterocycles. The fourth-order valence-electron chi connectivity index (χ4n) is 3.56. The Morgan fingerprint density at radius 3 is 2.52 bits per heavy atom. The molecule has 2 amide bonds. The predicted octanol–water partition coefficient (Wildman–Crippen LogP) is 4.20. The van der Waals surface area contributed by atoms with E-state index in [4.69, 9.17) is 4.74 Å². The summed E-state index contributed by atoms with van der Waals surface area (Å²) in [5.74, 6) is -1.60. The Kier molecular flexibility index (Phi) is 5.20. The van der Waals surface area contributed by atoms with Gasteiger partial charge >= 0.3 is 12.1 Å². The van der Waals surface area contributed by atoms with E-state index in [1.807, 2.05) is 0 Å². The quantitative estimate of drug-likeness (QED) is 0.707. The van der Waals surface area contributed by atoms with E-state index < -0.39 is 34.6 Å². The maximum atomic E-state index is 13.0. The van der Waals surface area contributed by atoms with Crippen LogP contribution in [0.4, 0.5) is 24.5 Å². The molecule has 31 heavy (non-hydrogen) atoms. The molecule has 6 nitrogen and oxygen atoms in total. The molecule has 1 saturated heterocycles. The monoisotopic (exact) mass is 450 g/mol. The number of hydrogen-bond donors (Lipinski definition) is 1. The normalized spacial score (nSPS) is 20.8. The number of fused-ring (bicyclic) bond motifs is 3. The highest BCUT2D eigenvalue weighted by Gasteiger charge is 2.59. The van der Waals surface area contributed by atoms with Gasteiger partial charge in [-0.05, 0) is 43.3 Å². The van der Waals surface area contributed by atoms with Crippen LogP contribution in [0.1, 0.15) is 25.3 Å². The molecule has 1 fully saturated rings. The van der Waals surface area contributed by atoms with Gasteiger partial charge < -0.3 is 10.1 Å². The topological polar surface area (TPSA) is 75.7 Å². The van der Waals surface area contributed by atoms with Crippen molar-refractivity contribution in [2.45, 2.75) is 41.8 Å². The molecule has 0 aliphatic carbocycles. The first kappa shape index (κ1) is 21.2. The molecule has 162 valence electrons. The van der Waals surface area contributed by atoms with Crippen molar-refractivity contribution in [2.24, 2.45) is 0 Å². The van der Waals surface area contributed by atoms with Crippen LogP contribution in [-0.4, -0.2) is 28.8 Å². The zero-order valence-corrected chi connectivity index (χ0v) is 17.0. The lowest BCUT2D eigenvalue weighted by molar-refractivity contribution is -0.155. The van der Waals surface area contributed by atoms with Crippen LogP contribution in [0, 0.1) is 0 Å². The minimum atomic E-state index is -4.48. The van der Waals surface area contributed by atoms with Crippen LogP contribution < -0.4 is 10.2 Å². The number of benzene rings is 2. The number of carbonyl (C=O) groups is 3. The predicted molar refractivity (Wildman–Crippen MR) is 107 cm³/mol. The van der Waals surface area contributed by atoms with Crippen LogP contribution in [0.15, 0.2) is 53.4 Å². The number of esters is 1. The molecule has 0 radical (unpaired) electrons. The molecule has 1 N–H and O–H groups in total. The second-order valence-electron chi connectivity index (χ2n) is 7.20. The molecule has 10 heteroatoms. The summed E-state index contributed by atoms with van der Waals surface area (Å²) in [6.07, 6.45) is -5.27. The highest BCUT2D eigenvalue weighted by atomic mass is 32.2. The van der Waals surface area contributed by atoms with Crippen LogP contribution in [0.2, 0.25) is 0 Å². The smallest absolute Gasteiger partial charge is 0.416 e. The summed E-state index contributed by atoms with van der Waals surface area (Å²) in [7, 11) is 0. The molecule has 2 aliphatic heterocycles. The third kappa shape index (κ3) is 3.76. The summed E-state index contributed by atoms with van der Waals surface area (Å²) in [4.78, 5) is 38.8. The summed E-state index contributed by atoms with van der Waals surface area (Å²) < 4.78 is 43.4. The molecule has 2 aromatic rings. The molecule has 0 bridgehead atoms. The van der Waals surface area contributed by atoms with E-state index in [1.54, 1.807) is 24.3 Å². The lowest BCUT2D eigenvalue weighted by atomic mass is 10.2. The molecule has 2 atom stereocenters. The van der Waals surface area contributed by atoms with E-state index in [2.05, 4.69) is 5.32 Å². The summed E-state index contributed by atoms with van der Waals surface area (Å²) in [6.45, 7) is 1.36. The Hall–Kier alpha value is -3.01. The number of nitrogens with one attached hydrogen (secondary N) is 1. The number of thioether (sulfide) groups is 1. The molecule has 2 heterocycles. The number of hydrogen-bond acceptors (Lipinski definition) is 5. The number of halogens is 3. The van der Waals surface area contributed by atoms with Gasteiger partial charge in [-0.15, -0.1) is 0 Å². The summed E-state index contributed by atoms with van der Waals surface area (Å²) >= 11 is 1.22. The first-order chi connectivity index (χ1) is 14.6. The summed E-state index contributed by atoms with van der Waals surface area (Å²) in [5.41, 5.74) is -0.0684. The molecule has 0 saturated carbocycles. The van der Waals surface area contributed by atoms with Crippen molar-refractivity contribution in [2.75, 3.05) is 10.2 Å². The molecule has 2 unspecified atom stereocenters. The maximum absolute atomic E-state index is 13.0. The standard InChI is InChI=1S/C21H17F3N2O4S/c1-12(18(28)25-14-8-6-13(7-9-14)21(22,23)24)30-19(29)20-11-10-17(27)26(20)15-4-2-3-5-16(15)31-20/h2-9,12H,10-11H2,1H3,(H,25,28). The second kappa shape index (κ2) is 7.60. The SMILES string of the molecule is CC(OC(=O)C12CCC(=O)N1c1ccccc1S2)C(=O)Nc1ccc(C(F)(F)F)cc1. The van der Waals surface area contributed by atoms with E-state index in [-0.39, 0.29) is 24.4 Å². The Morgan fingerprint density at radius 2 is 1.84 bits per heavy atom. The van der Waals surface area contributed by atoms with Gasteiger partial charge in [-0.25, -0.2) is 4.79 Å². The number of para-hydroxylation sites is 1. The van der Waals surface area contributed by atoms with Crippen LogP contribution in [0.25, 0.3) is 0 Å². The average Bonchev–Trinajstić information content (AvgIpc) is 3.23. The molecule has 2 aromatic carbocycles. The van der Waals surface area contributed by atoms with Crippen molar-refractivity contribution in [1.82, 2.24) is 0 Å². The Morgan fingerprint density at radius 1 is 1.16 bits per heavy atom. The van der Waals surface area contributed by atoms with Crippen molar-refractivity contribution in [1.29, 1.82) is 0 Å². The fraction of sp³-hybridized carbons (Fsp3) is 0.286. The van der Waals surface area contributed by atoms with Crippen LogP contribution >= 0.6 is 11.8 Å².